The van der Waals surface area contributed by atoms with Gasteiger partial charge in [0.15, 0.2) is 5.96 Å². The van der Waals surface area contributed by atoms with Crippen LogP contribution in [0.15, 0.2) is 23.2 Å². The normalized spacial score (nSPS) is 20.7. The molecular formula is C15H21F2N3O2. The average molecular weight is 313 g/mol. The summed E-state index contributed by atoms with van der Waals surface area (Å²) < 4.78 is 37.4. The number of rotatable bonds is 5. The molecule has 0 bridgehead atoms. The van der Waals surface area contributed by atoms with Crippen molar-refractivity contribution >= 4 is 11.6 Å². The minimum absolute atomic E-state index is 0.0120. The molecule has 0 heterocycles. The number of anilines is 1. The maximum atomic E-state index is 13.5. The first kappa shape index (κ1) is 16.3. The van der Waals surface area contributed by atoms with Gasteiger partial charge in [0.05, 0.1) is 26.5 Å². The van der Waals surface area contributed by atoms with E-state index in [4.69, 9.17) is 15.2 Å². The number of aliphatic imine (C=N–C) groups is 1. The van der Waals surface area contributed by atoms with Crippen molar-refractivity contribution in [3.05, 3.63) is 18.2 Å². The molecule has 0 saturated heterocycles. The second kappa shape index (κ2) is 6.81. The minimum Gasteiger partial charge on any atom is -0.497 e. The molecule has 1 aliphatic carbocycles. The molecule has 1 aromatic carbocycles. The summed E-state index contributed by atoms with van der Waals surface area (Å²) in [6.07, 6.45) is 0.945. The number of guanidine groups is 1. The van der Waals surface area contributed by atoms with Crippen molar-refractivity contribution in [1.82, 2.24) is 0 Å². The Labute approximate surface area is 128 Å². The van der Waals surface area contributed by atoms with Gasteiger partial charge in [0.2, 0.25) is 0 Å². The van der Waals surface area contributed by atoms with Crippen LogP contribution in [0.2, 0.25) is 0 Å². The van der Waals surface area contributed by atoms with E-state index in [1.54, 1.807) is 25.3 Å². The lowest BCUT2D eigenvalue weighted by molar-refractivity contribution is -0.0329. The van der Waals surface area contributed by atoms with Gasteiger partial charge in [-0.3, -0.25) is 4.99 Å². The topological polar surface area (TPSA) is 68.9 Å². The molecule has 0 spiro atoms. The average Bonchev–Trinajstić information content (AvgIpc) is 2.83. The lowest BCUT2D eigenvalue weighted by Gasteiger charge is -2.17. The van der Waals surface area contributed by atoms with Crippen molar-refractivity contribution in [2.24, 2.45) is 16.6 Å². The van der Waals surface area contributed by atoms with Crippen LogP contribution in [-0.2, 0) is 0 Å². The molecule has 1 aliphatic rings. The van der Waals surface area contributed by atoms with Gasteiger partial charge >= 0.3 is 0 Å². The van der Waals surface area contributed by atoms with Crippen molar-refractivity contribution in [3.8, 4) is 11.5 Å². The second-order valence-corrected chi connectivity index (χ2v) is 5.27. The number of halogens is 2. The van der Waals surface area contributed by atoms with Crippen molar-refractivity contribution in [2.45, 2.75) is 25.2 Å². The molecule has 22 heavy (non-hydrogen) atoms. The van der Waals surface area contributed by atoms with Gasteiger partial charge in [-0.2, -0.15) is 0 Å². The Morgan fingerprint density at radius 1 is 1.41 bits per heavy atom. The van der Waals surface area contributed by atoms with E-state index in [0.717, 1.165) is 0 Å². The molecule has 1 aromatic rings. The number of nitrogens with one attached hydrogen (secondary N) is 1. The molecule has 0 amide bonds. The van der Waals surface area contributed by atoms with Gasteiger partial charge in [-0.15, -0.1) is 0 Å². The molecule has 0 aromatic heterocycles. The standard InChI is InChI=1S/C15H21F2N3O2/c1-21-11-5-6-13(22-2)12(8-11)20-14(18)19-9-10-4-3-7-15(10,16)17/h5-6,8,10H,3-4,7,9H2,1-2H3,(H3,18,19,20). The van der Waals surface area contributed by atoms with Gasteiger partial charge in [0, 0.05) is 18.4 Å². The Balaban J connectivity index is 2.04. The molecule has 2 rings (SSSR count). The van der Waals surface area contributed by atoms with Gasteiger partial charge in [-0.25, -0.2) is 8.78 Å². The number of nitrogens with zero attached hydrogens (tertiary/aromatic N) is 1. The molecule has 0 aliphatic heterocycles. The zero-order chi connectivity index (χ0) is 16.2. The zero-order valence-corrected chi connectivity index (χ0v) is 12.7. The number of methoxy groups -OCH3 is 2. The van der Waals surface area contributed by atoms with Crippen LogP contribution in [0.5, 0.6) is 11.5 Å². The van der Waals surface area contributed by atoms with E-state index in [1.165, 1.54) is 7.11 Å². The fourth-order valence-electron chi connectivity index (χ4n) is 2.52. The number of alkyl halides is 2. The zero-order valence-electron chi connectivity index (χ0n) is 12.7. The number of ether oxygens (including phenoxy) is 2. The van der Waals surface area contributed by atoms with Crippen LogP contribution < -0.4 is 20.5 Å². The summed E-state index contributed by atoms with van der Waals surface area (Å²) in [7, 11) is 3.07. The van der Waals surface area contributed by atoms with Crippen molar-refractivity contribution in [3.63, 3.8) is 0 Å². The van der Waals surface area contributed by atoms with Crippen molar-refractivity contribution in [1.29, 1.82) is 0 Å². The monoisotopic (exact) mass is 313 g/mol. The van der Waals surface area contributed by atoms with E-state index in [2.05, 4.69) is 10.3 Å². The maximum Gasteiger partial charge on any atom is 0.252 e. The maximum absolute atomic E-state index is 13.5. The minimum atomic E-state index is -2.64. The lowest BCUT2D eigenvalue weighted by Crippen LogP contribution is -2.28. The smallest absolute Gasteiger partial charge is 0.252 e. The Bertz CT molecular complexity index is 550. The van der Waals surface area contributed by atoms with E-state index in [9.17, 15) is 8.78 Å². The Morgan fingerprint density at radius 2 is 2.18 bits per heavy atom. The molecule has 1 atom stereocenters. The fraction of sp³-hybridized carbons (Fsp3) is 0.533. The highest BCUT2D eigenvalue weighted by molar-refractivity contribution is 5.94. The van der Waals surface area contributed by atoms with Crippen LogP contribution in [0.4, 0.5) is 14.5 Å². The molecule has 3 N–H and O–H groups in total. The first-order chi connectivity index (χ1) is 10.5. The molecule has 1 fully saturated rings. The molecule has 0 radical (unpaired) electrons. The van der Waals surface area contributed by atoms with E-state index in [-0.39, 0.29) is 18.9 Å². The van der Waals surface area contributed by atoms with E-state index in [0.29, 0.717) is 30.0 Å². The molecule has 122 valence electrons. The molecule has 7 heteroatoms. The third-order valence-electron chi connectivity index (χ3n) is 3.81. The lowest BCUT2D eigenvalue weighted by atomic mass is 10.1. The van der Waals surface area contributed by atoms with Crippen LogP contribution >= 0.6 is 0 Å². The number of hydrogen-bond acceptors (Lipinski definition) is 3. The Kier molecular flexibility index (Phi) is 5.05. The van der Waals surface area contributed by atoms with E-state index in [1.807, 2.05) is 0 Å². The number of benzene rings is 1. The highest BCUT2D eigenvalue weighted by Gasteiger charge is 2.43. The van der Waals surface area contributed by atoms with Gasteiger partial charge in [0.25, 0.3) is 5.92 Å². The SMILES string of the molecule is COc1ccc(OC)c(NC(N)=NCC2CCCC2(F)F)c1. The summed E-state index contributed by atoms with van der Waals surface area (Å²) in [5, 5.41) is 2.87. The Morgan fingerprint density at radius 3 is 2.77 bits per heavy atom. The predicted molar refractivity (Wildman–Crippen MR) is 81.9 cm³/mol. The van der Waals surface area contributed by atoms with Gasteiger partial charge in [0.1, 0.15) is 11.5 Å². The van der Waals surface area contributed by atoms with Crippen molar-refractivity contribution < 1.29 is 18.3 Å². The van der Waals surface area contributed by atoms with Crippen LogP contribution in [-0.4, -0.2) is 32.6 Å². The second-order valence-electron chi connectivity index (χ2n) is 5.27. The van der Waals surface area contributed by atoms with Crippen molar-refractivity contribution in [2.75, 3.05) is 26.1 Å². The Hall–Kier alpha value is -2.05. The molecular weight excluding hydrogens is 292 g/mol. The summed E-state index contributed by atoms with van der Waals surface area (Å²) >= 11 is 0. The van der Waals surface area contributed by atoms with Gasteiger partial charge in [-0.1, -0.05) is 0 Å². The highest BCUT2D eigenvalue weighted by Crippen LogP contribution is 2.40. The third kappa shape index (κ3) is 3.78. The molecule has 5 nitrogen and oxygen atoms in total. The molecule has 1 unspecified atom stereocenters. The van der Waals surface area contributed by atoms with Gasteiger partial charge < -0.3 is 20.5 Å². The summed E-state index contributed by atoms with van der Waals surface area (Å²) in [6.45, 7) is 0.0120. The fourth-order valence-corrected chi connectivity index (χ4v) is 2.52. The summed E-state index contributed by atoms with van der Waals surface area (Å²) in [5.41, 5.74) is 6.36. The summed E-state index contributed by atoms with van der Waals surface area (Å²) in [6, 6.07) is 5.17. The number of hydrogen-bond donors (Lipinski definition) is 2. The van der Waals surface area contributed by atoms with E-state index >= 15 is 0 Å². The van der Waals surface area contributed by atoms with E-state index < -0.39 is 11.8 Å². The molecule has 1 saturated carbocycles. The summed E-state index contributed by atoms with van der Waals surface area (Å²) in [5.74, 6) is -2.12. The highest BCUT2D eigenvalue weighted by atomic mass is 19.3. The summed E-state index contributed by atoms with van der Waals surface area (Å²) in [4.78, 5) is 4.03. The first-order valence-corrected chi connectivity index (χ1v) is 7.13. The largest absolute Gasteiger partial charge is 0.497 e. The van der Waals surface area contributed by atoms with Crippen LogP contribution in [0.25, 0.3) is 0 Å². The predicted octanol–water partition coefficient (Wildman–Crippen LogP) is 2.87. The number of nitrogens with two attached hydrogens (primary N) is 1. The third-order valence-corrected chi connectivity index (χ3v) is 3.81. The van der Waals surface area contributed by atoms with Crippen LogP contribution in [0, 0.1) is 5.92 Å². The van der Waals surface area contributed by atoms with Crippen LogP contribution in [0.3, 0.4) is 0 Å². The van der Waals surface area contributed by atoms with Gasteiger partial charge in [-0.05, 0) is 25.0 Å². The van der Waals surface area contributed by atoms with Crippen LogP contribution in [0.1, 0.15) is 19.3 Å². The quantitative estimate of drug-likeness (QED) is 0.648. The first-order valence-electron chi connectivity index (χ1n) is 7.13.